The smallest absolute Gasteiger partial charge is 0.159 e. The maximum Gasteiger partial charge on any atom is 0.159 e. The molecule has 0 saturated carbocycles. The van der Waals surface area contributed by atoms with E-state index in [4.69, 9.17) is 0 Å². The number of Topliss-reactive ketones (excluding diaryl/α,β-unsaturated/α-hetero) is 1. The van der Waals surface area contributed by atoms with Crippen LogP contribution in [0.15, 0.2) is 48.5 Å². The van der Waals surface area contributed by atoms with Gasteiger partial charge in [0.25, 0.3) is 0 Å². The van der Waals surface area contributed by atoms with Crippen LogP contribution in [-0.4, -0.2) is 5.78 Å². The van der Waals surface area contributed by atoms with E-state index in [-0.39, 0.29) is 5.78 Å². The zero-order valence-corrected chi connectivity index (χ0v) is 14.5. The van der Waals surface area contributed by atoms with E-state index in [0.717, 1.165) is 17.5 Å². The van der Waals surface area contributed by atoms with Crippen LogP contribution in [-0.2, 0) is 6.42 Å². The molecule has 1 nitrogen and oxygen atoms in total. The van der Waals surface area contributed by atoms with Crippen LogP contribution in [0, 0.1) is 0 Å². The summed E-state index contributed by atoms with van der Waals surface area (Å²) in [6, 6.07) is 16.7. The van der Waals surface area contributed by atoms with Crippen LogP contribution < -0.4 is 0 Å². The highest BCUT2D eigenvalue weighted by Gasteiger charge is 2.03. The molecule has 0 atom stereocenters. The van der Waals surface area contributed by atoms with Gasteiger partial charge in [0, 0.05) is 5.56 Å². The predicted octanol–water partition coefficient (Wildman–Crippen LogP) is 6.46. The van der Waals surface area contributed by atoms with Crippen LogP contribution >= 0.6 is 0 Å². The van der Waals surface area contributed by atoms with Crippen molar-refractivity contribution in [3.8, 4) is 11.1 Å². The molecule has 0 spiro atoms. The normalized spacial score (nSPS) is 10.7. The zero-order valence-electron chi connectivity index (χ0n) is 14.5. The number of benzene rings is 2. The van der Waals surface area contributed by atoms with Gasteiger partial charge in [-0.05, 0) is 42.5 Å². The fourth-order valence-electron chi connectivity index (χ4n) is 2.93. The van der Waals surface area contributed by atoms with Crippen molar-refractivity contribution < 1.29 is 4.79 Å². The molecule has 0 aromatic heterocycles. The van der Waals surface area contributed by atoms with E-state index in [9.17, 15) is 4.79 Å². The summed E-state index contributed by atoms with van der Waals surface area (Å²) in [5, 5.41) is 0. The lowest BCUT2D eigenvalue weighted by molar-refractivity contribution is 0.101. The van der Waals surface area contributed by atoms with Crippen molar-refractivity contribution in [3.05, 3.63) is 59.7 Å². The molecule has 0 heterocycles. The molecule has 2 aromatic rings. The number of rotatable bonds is 9. The molecule has 0 aliphatic heterocycles. The minimum absolute atomic E-state index is 0.120. The SMILES string of the molecule is CCCCCCCCc1cccc(-c2cccc(C(C)=O)c2)c1. The van der Waals surface area contributed by atoms with Gasteiger partial charge in [0.15, 0.2) is 5.78 Å². The van der Waals surface area contributed by atoms with E-state index >= 15 is 0 Å². The first-order valence-electron chi connectivity index (χ1n) is 8.91. The first-order valence-corrected chi connectivity index (χ1v) is 8.91. The highest BCUT2D eigenvalue weighted by Crippen LogP contribution is 2.23. The maximum atomic E-state index is 11.5. The Balaban J connectivity index is 1.97. The minimum Gasteiger partial charge on any atom is -0.295 e. The van der Waals surface area contributed by atoms with Crippen molar-refractivity contribution in [1.82, 2.24) is 0 Å². The molecule has 0 bridgehead atoms. The van der Waals surface area contributed by atoms with Crippen molar-refractivity contribution in [1.29, 1.82) is 0 Å². The fourth-order valence-corrected chi connectivity index (χ4v) is 2.93. The molecule has 23 heavy (non-hydrogen) atoms. The van der Waals surface area contributed by atoms with Crippen molar-refractivity contribution in [2.45, 2.75) is 58.8 Å². The van der Waals surface area contributed by atoms with E-state index in [0.29, 0.717) is 0 Å². The van der Waals surface area contributed by atoms with Crippen molar-refractivity contribution in [3.63, 3.8) is 0 Å². The summed E-state index contributed by atoms with van der Waals surface area (Å²) < 4.78 is 0. The lowest BCUT2D eigenvalue weighted by Crippen LogP contribution is -1.92. The summed E-state index contributed by atoms with van der Waals surface area (Å²) in [6.45, 7) is 3.88. The molecule has 0 N–H and O–H groups in total. The zero-order chi connectivity index (χ0) is 16.5. The number of hydrogen-bond acceptors (Lipinski definition) is 1. The Labute approximate surface area is 140 Å². The molecule has 0 unspecified atom stereocenters. The lowest BCUT2D eigenvalue weighted by Gasteiger charge is -2.07. The van der Waals surface area contributed by atoms with Crippen LogP contribution in [0.2, 0.25) is 0 Å². The van der Waals surface area contributed by atoms with Gasteiger partial charge in [0.2, 0.25) is 0 Å². The number of carbonyl (C=O) groups excluding carboxylic acids is 1. The Morgan fingerprint density at radius 3 is 2.22 bits per heavy atom. The highest BCUT2D eigenvalue weighted by atomic mass is 16.1. The Hall–Kier alpha value is -1.89. The van der Waals surface area contributed by atoms with E-state index < -0.39 is 0 Å². The highest BCUT2D eigenvalue weighted by molar-refractivity contribution is 5.95. The monoisotopic (exact) mass is 308 g/mol. The molecule has 0 radical (unpaired) electrons. The summed E-state index contributed by atoms with van der Waals surface area (Å²) in [7, 11) is 0. The summed E-state index contributed by atoms with van der Waals surface area (Å²) in [4.78, 5) is 11.5. The molecule has 0 fully saturated rings. The summed E-state index contributed by atoms with van der Waals surface area (Å²) in [6.07, 6.45) is 9.13. The number of ketones is 1. The third kappa shape index (κ3) is 5.67. The van der Waals surface area contributed by atoms with Gasteiger partial charge in [-0.25, -0.2) is 0 Å². The van der Waals surface area contributed by atoms with E-state index in [1.807, 2.05) is 18.2 Å². The second kappa shape index (κ2) is 9.29. The van der Waals surface area contributed by atoms with E-state index in [2.05, 4.69) is 37.3 Å². The summed E-state index contributed by atoms with van der Waals surface area (Å²) in [5.41, 5.74) is 4.51. The average molecular weight is 308 g/mol. The molecular formula is C22H28O. The van der Waals surface area contributed by atoms with E-state index in [1.54, 1.807) is 6.92 Å². The van der Waals surface area contributed by atoms with Gasteiger partial charge in [-0.15, -0.1) is 0 Å². The maximum absolute atomic E-state index is 11.5. The molecular weight excluding hydrogens is 280 g/mol. The first kappa shape index (κ1) is 17.5. The van der Waals surface area contributed by atoms with E-state index in [1.165, 1.54) is 49.7 Å². The summed E-state index contributed by atoms with van der Waals surface area (Å²) >= 11 is 0. The Bertz CT molecular complexity index is 627. The van der Waals surface area contributed by atoms with Gasteiger partial charge in [0.05, 0.1) is 0 Å². The molecule has 2 rings (SSSR count). The summed E-state index contributed by atoms with van der Waals surface area (Å²) in [5.74, 6) is 0.120. The van der Waals surface area contributed by atoms with Crippen molar-refractivity contribution in [2.75, 3.05) is 0 Å². The molecule has 0 amide bonds. The van der Waals surface area contributed by atoms with Crippen LogP contribution in [0.4, 0.5) is 0 Å². The van der Waals surface area contributed by atoms with Crippen LogP contribution in [0.3, 0.4) is 0 Å². The van der Waals surface area contributed by atoms with Gasteiger partial charge in [-0.2, -0.15) is 0 Å². The quantitative estimate of drug-likeness (QED) is 0.384. The molecule has 0 saturated heterocycles. The van der Waals surface area contributed by atoms with Crippen molar-refractivity contribution in [2.24, 2.45) is 0 Å². The average Bonchev–Trinajstić information content (AvgIpc) is 2.58. The predicted molar refractivity (Wildman–Crippen MR) is 99.0 cm³/mol. The molecule has 122 valence electrons. The first-order chi connectivity index (χ1) is 11.2. The van der Waals surface area contributed by atoms with Gasteiger partial charge >= 0.3 is 0 Å². The topological polar surface area (TPSA) is 17.1 Å². The number of aryl methyl sites for hydroxylation is 1. The standard InChI is InChI=1S/C22H28O/c1-3-4-5-6-7-8-11-19-12-9-14-21(16-19)22-15-10-13-20(17-22)18(2)23/h9-10,12-17H,3-8,11H2,1-2H3. The Kier molecular flexibility index (Phi) is 7.06. The van der Waals surface area contributed by atoms with Crippen LogP contribution in [0.1, 0.15) is 68.3 Å². The van der Waals surface area contributed by atoms with Gasteiger partial charge < -0.3 is 0 Å². The second-order valence-electron chi connectivity index (χ2n) is 6.36. The van der Waals surface area contributed by atoms with Gasteiger partial charge in [-0.3, -0.25) is 4.79 Å². The third-order valence-corrected chi connectivity index (χ3v) is 4.35. The molecule has 0 aliphatic rings. The number of hydrogen-bond donors (Lipinski definition) is 0. The largest absolute Gasteiger partial charge is 0.295 e. The fraction of sp³-hybridized carbons (Fsp3) is 0.409. The minimum atomic E-state index is 0.120. The van der Waals surface area contributed by atoms with Crippen LogP contribution in [0.5, 0.6) is 0 Å². The Morgan fingerprint density at radius 1 is 0.826 bits per heavy atom. The molecule has 1 heteroatoms. The van der Waals surface area contributed by atoms with Crippen LogP contribution in [0.25, 0.3) is 11.1 Å². The molecule has 2 aromatic carbocycles. The Morgan fingerprint density at radius 2 is 1.48 bits per heavy atom. The van der Waals surface area contributed by atoms with Gasteiger partial charge in [-0.1, -0.05) is 81.5 Å². The lowest BCUT2D eigenvalue weighted by atomic mass is 9.98. The number of unbranched alkanes of at least 4 members (excludes halogenated alkanes) is 5. The second-order valence-corrected chi connectivity index (χ2v) is 6.36. The molecule has 0 aliphatic carbocycles. The van der Waals surface area contributed by atoms with Gasteiger partial charge in [0.1, 0.15) is 0 Å². The third-order valence-electron chi connectivity index (χ3n) is 4.35. The number of carbonyl (C=O) groups is 1. The van der Waals surface area contributed by atoms with Crippen molar-refractivity contribution >= 4 is 5.78 Å².